The molecule has 0 amide bonds. The number of para-hydroxylation sites is 1. The third-order valence-electron chi connectivity index (χ3n) is 10.5. The van der Waals surface area contributed by atoms with Crippen LogP contribution in [0.15, 0.2) is 54.6 Å². The van der Waals surface area contributed by atoms with E-state index in [0.717, 1.165) is 42.5 Å². The first kappa shape index (κ1) is 22.8. The number of carbonyl (C=O) groups excluding carboxylic acids is 1. The minimum absolute atomic E-state index is 0.290. The lowest BCUT2D eigenvalue weighted by atomic mass is 9.47. The molecule has 4 saturated carbocycles. The van der Waals surface area contributed by atoms with Gasteiger partial charge in [-0.2, -0.15) is 10.5 Å². The van der Waals surface area contributed by atoms with Gasteiger partial charge >= 0.3 is 0 Å². The lowest BCUT2D eigenvalue weighted by Gasteiger charge is -2.57. The van der Waals surface area contributed by atoms with Crippen LogP contribution in [0.3, 0.4) is 0 Å². The van der Waals surface area contributed by atoms with Gasteiger partial charge in [0.2, 0.25) is 0 Å². The molecule has 4 bridgehead atoms. The number of anilines is 1. The van der Waals surface area contributed by atoms with E-state index in [-0.39, 0.29) is 5.41 Å². The lowest BCUT2D eigenvalue weighted by molar-refractivity contribution is -0.145. The zero-order valence-electron chi connectivity index (χ0n) is 21.4. The molecule has 0 N–H and O–H groups in total. The summed E-state index contributed by atoms with van der Waals surface area (Å²) in [5, 5.41) is 21.5. The first-order chi connectivity index (χ1) is 18.0. The zero-order valence-corrected chi connectivity index (χ0v) is 21.4. The Morgan fingerprint density at radius 3 is 2.16 bits per heavy atom. The van der Waals surface area contributed by atoms with Crippen LogP contribution in [0.5, 0.6) is 0 Å². The molecule has 4 aliphatic carbocycles. The highest BCUT2D eigenvalue weighted by Crippen LogP contribution is 2.63. The average molecular weight is 488 g/mol. The first-order valence-electron chi connectivity index (χ1n) is 14.0. The second-order valence-corrected chi connectivity index (χ2v) is 12.4. The lowest BCUT2D eigenvalue weighted by Crippen LogP contribution is -2.56. The molecule has 2 heterocycles. The van der Waals surface area contributed by atoms with Crippen LogP contribution in [0.4, 0.5) is 5.69 Å². The van der Waals surface area contributed by atoms with Gasteiger partial charge in [-0.05, 0) is 85.5 Å². The summed E-state index contributed by atoms with van der Waals surface area (Å²) < 4.78 is 0. The quantitative estimate of drug-likeness (QED) is 0.498. The van der Waals surface area contributed by atoms with E-state index in [9.17, 15) is 10.5 Å². The van der Waals surface area contributed by atoms with E-state index in [1.54, 1.807) is 0 Å². The number of nitriles is 2. The van der Waals surface area contributed by atoms with E-state index in [2.05, 4.69) is 60.4 Å². The standard InChI is InChI=1S/C33H33N3O/c1-2-21-7-9-26(10-8-21)29-30(31(37)32-16-22-13-23(17-32)15-24(14-22)18-32)36-27-6-4-3-5-25(27)11-12-28(36)33(29,19-34)20-35/h3-12,22-24,28-30H,2,13-18H2,1H3. The molecule has 186 valence electrons. The molecule has 1 saturated heterocycles. The normalized spacial score (nSPS) is 35.9. The van der Waals surface area contributed by atoms with Crippen molar-refractivity contribution in [1.82, 2.24) is 0 Å². The second kappa shape index (κ2) is 8.06. The van der Waals surface area contributed by atoms with E-state index < -0.39 is 23.4 Å². The fraction of sp³-hybridized carbons (Fsp3) is 0.485. The predicted molar refractivity (Wildman–Crippen MR) is 143 cm³/mol. The molecule has 3 atom stereocenters. The molecular weight excluding hydrogens is 454 g/mol. The van der Waals surface area contributed by atoms with Crippen molar-refractivity contribution < 1.29 is 4.79 Å². The summed E-state index contributed by atoms with van der Waals surface area (Å²) in [6.45, 7) is 2.13. The van der Waals surface area contributed by atoms with E-state index in [4.69, 9.17) is 0 Å². The van der Waals surface area contributed by atoms with E-state index >= 15 is 4.79 Å². The smallest absolute Gasteiger partial charge is 0.176 e. The molecular formula is C33H33N3O. The Morgan fingerprint density at radius 2 is 1.57 bits per heavy atom. The van der Waals surface area contributed by atoms with Crippen LogP contribution in [0, 0.1) is 51.2 Å². The van der Waals surface area contributed by atoms with Crippen molar-refractivity contribution in [2.75, 3.05) is 4.90 Å². The summed E-state index contributed by atoms with van der Waals surface area (Å²) in [7, 11) is 0. The molecule has 0 aromatic heterocycles. The SMILES string of the molecule is CCc1ccc(C2C(C(=O)C34CC5CC(CC(C5)C3)C4)N3c4ccccc4C=CC3C2(C#N)C#N)cc1. The minimum Gasteiger partial charge on any atom is -0.351 e. The maximum absolute atomic E-state index is 15.1. The molecule has 2 aromatic carbocycles. The monoisotopic (exact) mass is 487 g/mol. The molecule has 5 fully saturated rings. The zero-order chi connectivity index (χ0) is 25.4. The van der Waals surface area contributed by atoms with Crippen molar-refractivity contribution in [3.05, 3.63) is 71.3 Å². The summed E-state index contributed by atoms with van der Waals surface area (Å²) in [4.78, 5) is 17.3. The summed E-state index contributed by atoms with van der Waals surface area (Å²) in [6.07, 6.45) is 11.7. The molecule has 8 rings (SSSR count). The molecule has 37 heavy (non-hydrogen) atoms. The highest BCUT2D eigenvalue weighted by molar-refractivity contribution is 5.97. The predicted octanol–water partition coefficient (Wildman–Crippen LogP) is 6.44. The number of hydrogen-bond acceptors (Lipinski definition) is 4. The Labute approximate surface area is 219 Å². The Hall–Kier alpha value is -3.37. The van der Waals surface area contributed by atoms with Gasteiger partial charge in [-0.25, -0.2) is 0 Å². The van der Waals surface area contributed by atoms with E-state index in [1.165, 1.54) is 24.8 Å². The first-order valence-corrected chi connectivity index (χ1v) is 14.0. The minimum atomic E-state index is -1.35. The van der Waals surface area contributed by atoms with Crippen LogP contribution >= 0.6 is 0 Å². The Balaban J connectivity index is 1.43. The largest absolute Gasteiger partial charge is 0.351 e. The summed E-state index contributed by atoms with van der Waals surface area (Å²) >= 11 is 0. The van der Waals surface area contributed by atoms with Crippen LogP contribution in [-0.2, 0) is 11.2 Å². The molecule has 6 aliphatic rings. The van der Waals surface area contributed by atoms with Crippen molar-refractivity contribution in [3.8, 4) is 12.1 Å². The molecule has 2 aromatic rings. The van der Waals surface area contributed by atoms with Gasteiger partial charge in [0.25, 0.3) is 0 Å². The maximum atomic E-state index is 15.1. The van der Waals surface area contributed by atoms with Gasteiger partial charge in [0, 0.05) is 17.0 Å². The topological polar surface area (TPSA) is 67.9 Å². The maximum Gasteiger partial charge on any atom is 0.176 e. The van der Waals surface area contributed by atoms with E-state index in [0.29, 0.717) is 23.5 Å². The van der Waals surface area contributed by atoms with E-state index in [1.807, 2.05) is 24.3 Å². The van der Waals surface area contributed by atoms with Crippen molar-refractivity contribution in [3.63, 3.8) is 0 Å². The third-order valence-corrected chi connectivity index (χ3v) is 10.5. The van der Waals surface area contributed by atoms with Crippen LogP contribution in [0.25, 0.3) is 6.08 Å². The Morgan fingerprint density at radius 1 is 0.946 bits per heavy atom. The van der Waals surface area contributed by atoms with Gasteiger partial charge in [-0.15, -0.1) is 0 Å². The van der Waals surface area contributed by atoms with Gasteiger partial charge in [0.15, 0.2) is 11.2 Å². The van der Waals surface area contributed by atoms with Gasteiger partial charge in [0.1, 0.15) is 0 Å². The van der Waals surface area contributed by atoms with Gasteiger partial charge < -0.3 is 4.90 Å². The second-order valence-electron chi connectivity index (χ2n) is 12.4. The fourth-order valence-electron chi connectivity index (χ4n) is 9.29. The summed E-state index contributed by atoms with van der Waals surface area (Å²) in [6, 6.07) is 20.5. The van der Waals surface area contributed by atoms with Crippen molar-refractivity contribution in [1.29, 1.82) is 10.5 Å². The summed E-state index contributed by atoms with van der Waals surface area (Å²) in [5.74, 6) is 1.74. The average Bonchev–Trinajstić information content (AvgIpc) is 3.23. The van der Waals surface area contributed by atoms with Gasteiger partial charge in [0.05, 0.1) is 24.2 Å². The third kappa shape index (κ3) is 3.08. The van der Waals surface area contributed by atoms with Crippen molar-refractivity contribution >= 4 is 17.5 Å². The Kier molecular flexibility index (Phi) is 4.97. The number of fused-ring (bicyclic) bond motifs is 3. The van der Waals surface area contributed by atoms with Gasteiger partial charge in [-0.3, -0.25) is 4.79 Å². The number of benzene rings is 2. The number of hydrogen-bond donors (Lipinski definition) is 0. The van der Waals surface area contributed by atoms with Crippen molar-refractivity contribution in [2.45, 2.75) is 69.9 Å². The number of ketones is 1. The Bertz CT molecular complexity index is 1320. The number of carbonyl (C=O) groups is 1. The van der Waals surface area contributed by atoms with Crippen LogP contribution in [0.1, 0.15) is 68.1 Å². The molecule has 4 heteroatoms. The highest BCUT2D eigenvalue weighted by Gasteiger charge is 2.66. The molecule has 3 unspecified atom stereocenters. The molecule has 4 nitrogen and oxygen atoms in total. The number of nitrogens with zero attached hydrogens (tertiary/aromatic N) is 3. The molecule has 2 aliphatic heterocycles. The molecule has 0 spiro atoms. The summed E-state index contributed by atoms with van der Waals surface area (Å²) in [5.41, 5.74) is 2.51. The number of rotatable bonds is 4. The van der Waals surface area contributed by atoms with Crippen LogP contribution < -0.4 is 4.90 Å². The van der Waals surface area contributed by atoms with Gasteiger partial charge in [-0.1, -0.05) is 61.5 Å². The highest BCUT2D eigenvalue weighted by atomic mass is 16.1. The number of Topliss-reactive ketones (excluding diaryl/α,β-unsaturated/α-hetero) is 1. The molecule has 0 radical (unpaired) electrons. The fourth-order valence-corrected chi connectivity index (χ4v) is 9.29. The van der Waals surface area contributed by atoms with Crippen LogP contribution in [0.2, 0.25) is 0 Å². The van der Waals surface area contributed by atoms with Crippen molar-refractivity contribution in [2.24, 2.45) is 28.6 Å². The number of aryl methyl sites for hydroxylation is 1. The van der Waals surface area contributed by atoms with Crippen LogP contribution in [-0.4, -0.2) is 17.9 Å².